The number of anilines is 1. The Balaban J connectivity index is 2.96. The van der Waals surface area contributed by atoms with Crippen LogP contribution >= 0.6 is 0 Å². The van der Waals surface area contributed by atoms with Crippen LogP contribution in [0.2, 0.25) is 0 Å². The van der Waals surface area contributed by atoms with Gasteiger partial charge in [0.15, 0.2) is 0 Å². The second-order valence-electron chi connectivity index (χ2n) is 4.99. The summed E-state index contributed by atoms with van der Waals surface area (Å²) < 4.78 is 0. The number of carbonyl (C=O) groups is 1. The van der Waals surface area contributed by atoms with E-state index in [0.717, 1.165) is 17.7 Å². The zero-order chi connectivity index (χ0) is 13.1. The van der Waals surface area contributed by atoms with Gasteiger partial charge in [-0.1, -0.05) is 13.0 Å². The minimum atomic E-state index is -0.174. The summed E-state index contributed by atoms with van der Waals surface area (Å²) in [7, 11) is 1.83. The normalized spacial score (nSPS) is 11.1. The third-order valence-electron chi connectivity index (χ3n) is 3.02. The fourth-order valence-corrected chi connectivity index (χ4v) is 1.53. The molecule has 17 heavy (non-hydrogen) atoms. The van der Waals surface area contributed by atoms with E-state index in [-0.39, 0.29) is 11.4 Å². The Morgan fingerprint density at radius 1 is 1.35 bits per heavy atom. The molecule has 94 valence electrons. The van der Waals surface area contributed by atoms with E-state index in [1.807, 2.05) is 46.0 Å². The fourth-order valence-electron chi connectivity index (χ4n) is 1.53. The van der Waals surface area contributed by atoms with Gasteiger partial charge in [0.1, 0.15) is 0 Å². The van der Waals surface area contributed by atoms with Gasteiger partial charge in [0.25, 0.3) is 5.91 Å². The second kappa shape index (κ2) is 5.21. The number of hydrogen-bond acceptors (Lipinski definition) is 2. The van der Waals surface area contributed by atoms with E-state index in [0.29, 0.717) is 5.56 Å². The van der Waals surface area contributed by atoms with Crippen molar-refractivity contribution in [2.45, 2.75) is 39.7 Å². The summed E-state index contributed by atoms with van der Waals surface area (Å²) in [5.74, 6) is -0.0267. The van der Waals surface area contributed by atoms with Crippen molar-refractivity contribution < 1.29 is 4.79 Å². The molecule has 1 amide bonds. The number of amides is 1. The molecule has 0 aliphatic rings. The Morgan fingerprint density at radius 3 is 2.53 bits per heavy atom. The van der Waals surface area contributed by atoms with Crippen LogP contribution in [-0.2, 0) is 0 Å². The zero-order valence-electron chi connectivity index (χ0n) is 11.3. The van der Waals surface area contributed by atoms with E-state index >= 15 is 0 Å². The molecule has 3 heteroatoms. The van der Waals surface area contributed by atoms with Crippen LogP contribution in [-0.4, -0.2) is 18.5 Å². The predicted octanol–water partition coefficient (Wildman–Crippen LogP) is 2.96. The van der Waals surface area contributed by atoms with Gasteiger partial charge in [-0.15, -0.1) is 0 Å². The first-order valence-corrected chi connectivity index (χ1v) is 6.00. The Morgan fingerprint density at radius 2 is 2.00 bits per heavy atom. The Hall–Kier alpha value is -1.51. The van der Waals surface area contributed by atoms with Crippen molar-refractivity contribution in [1.29, 1.82) is 0 Å². The van der Waals surface area contributed by atoms with Gasteiger partial charge < -0.3 is 10.6 Å². The molecule has 0 spiro atoms. The van der Waals surface area contributed by atoms with Crippen LogP contribution in [0.5, 0.6) is 0 Å². The van der Waals surface area contributed by atoms with Gasteiger partial charge in [0, 0.05) is 18.3 Å². The highest BCUT2D eigenvalue weighted by Crippen LogP contribution is 2.18. The van der Waals surface area contributed by atoms with Gasteiger partial charge in [0.2, 0.25) is 0 Å². The fraction of sp³-hybridized carbons (Fsp3) is 0.500. The first-order chi connectivity index (χ1) is 7.89. The van der Waals surface area contributed by atoms with Crippen LogP contribution in [0.3, 0.4) is 0 Å². The van der Waals surface area contributed by atoms with E-state index in [2.05, 4.69) is 17.6 Å². The lowest BCUT2D eigenvalue weighted by Crippen LogP contribution is -2.42. The maximum absolute atomic E-state index is 12.2. The first kappa shape index (κ1) is 13.6. The summed E-state index contributed by atoms with van der Waals surface area (Å²) in [5.41, 5.74) is 2.53. The van der Waals surface area contributed by atoms with Gasteiger partial charge in [-0.3, -0.25) is 4.79 Å². The lowest BCUT2D eigenvalue weighted by atomic mass is 10.0. The average Bonchev–Trinajstić information content (AvgIpc) is 2.28. The van der Waals surface area contributed by atoms with Crippen LogP contribution in [0.4, 0.5) is 5.69 Å². The standard InChI is InChI=1S/C14H22N2O/c1-6-14(3,4)16-13(17)11-8-7-10(2)9-12(11)15-5/h7-9,15H,6H2,1-5H3,(H,16,17). The smallest absolute Gasteiger partial charge is 0.253 e. The van der Waals surface area contributed by atoms with Gasteiger partial charge in [-0.2, -0.15) is 0 Å². The van der Waals surface area contributed by atoms with Crippen molar-refractivity contribution in [1.82, 2.24) is 5.32 Å². The molecule has 0 saturated heterocycles. The van der Waals surface area contributed by atoms with Crippen LogP contribution in [0, 0.1) is 6.92 Å². The first-order valence-electron chi connectivity index (χ1n) is 6.00. The molecule has 0 bridgehead atoms. The molecule has 3 nitrogen and oxygen atoms in total. The number of rotatable bonds is 4. The van der Waals surface area contributed by atoms with E-state index < -0.39 is 0 Å². The van der Waals surface area contributed by atoms with Crippen LogP contribution < -0.4 is 10.6 Å². The number of aryl methyl sites for hydroxylation is 1. The summed E-state index contributed by atoms with van der Waals surface area (Å²) in [6, 6.07) is 5.80. The molecule has 0 unspecified atom stereocenters. The molecular formula is C14H22N2O. The van der Waals surface area contributed by atoms with Crippen molar-refractivity contribution in [3.05, 3.63) is 29.3 Å². The van der Waals surface area contributed by atoms with Crippen LogP contribution in [0.15, 0.2) is 18.2 Å². The van der Waals surface area contributed by atoms with Crippen molar-refractivity contribution in [2.75, 3.05) is 12.4 Å². The molecular weight excluding hydrogens is 212 g/mol. The summed E-state index contributed by atoms with van der Waals surface area (Å²) in [6.07, 6.45) is 0.902. The summed E-state index contributed by atoms with van der Waals surface area (Å²) in [6.45, 7) is 8.13. The maximum Gasteiger partial charge on any atom is 0.253 e. The van der Waals surface area contributed by atoms with E-state index in [4.69, 9.17) is 0 Å². The third-order valence-corrected chi connectivity index (χ3v) is 3.02. The number of carbonyl (C=O) groups excluding carboxylic acids is 1. The molecule has 0 atom stereocenters. The minimum Gasteiger partial charge on any atom is -0.387 e. The quantitative estimate of drug-likeness (QED) is 0.841. The van der Waals surface area contributed by atoms with Crippen molar-refractivity contribution in [3.8, 4) is 0 Å². The molecule has 0 aromatic heterocycles. The summed E-state index contributed by atoms with van der Waals surface area (Å²) in [4.78, 5) is 12.2. The molecule has 2 N–H and O–H groups in total. The van der Waals surface area contributed by atoms with E-state index in [9.17, 15) is 4.79 Å². The van der Waals surface area contributed by atoms with Crippen molar-refractivity contribution >= 4 is 11.6 Å². The highest BCUT2D eigenvalue weighted by atomic mass is 16.1. The summed E-state index contributed by atoms with van der Waals surface area (Å²) >= 11 is 0. The molecule has 0 fully saturated rings. The van der Waals surface area contributed by atoms with Crippen LogP contribution in [0.1, 0.15) is 43.1 Å². The van der Waals surface area contributed by atoms with Crippen LogP contribution in [0.25, 0.3) is 0 Å². The number of nitrogens with one attached hydrogen (secondary N) is 2. The predicted molar refractivity (Wildman–Crippen MR) is 72.6 cm³/mol. The molecule has 1 aromatic carbocycles. The number of hydrogen-bond donors (Lipinski definition) is 2. The highest BCUT2D eigenvalue weighted by molar-refractivity contribution is 6.00. The minimum absolute atomic E-state index is 0.0267. The largest absolute Gasteiger partial charge is 0.387 e. The molecule has 0 aliphatic heterocycles. The Kier molecular flexibility index (Phi) is 4.16. The lowest BCUT2D eigenvalue weighted by Gasteiger charge is -2.25. The summed E-state index contributed by atoms with van der Waals surface area (Å²) in [5, 5.41) is 6.10. The second-order valence-corrected chi connectivity index (χ2v) is 4.99. The molecule has 1 rings (SSSR count). The van der Waals surface area contributed by atoms with E-state index in [1.165, 1.54) is 0 Å². The van der Waals surface area contributed by atoms with Gasteiger partial charge in [0.05, 0.1) is 5.56 Å². The monoisotopic (exact) mass is 234 g/mol. The Bertz CT molecular complexity index is 411. The van der Waals surface area contributed by atoms with Crippen molar-refractivity contribution in [3.63, 3.8) is 0 Å². The molecule has 0 saturated carbocycles. The Labute approximate surface area is 104 Å². The van der Waals surface area contributed by atoms with Crippen molar-refractivity contribution in [2.24, 2.45) is 0 Å². The SMILES string of the molecule is CCC(C)(C)NC(=O)c1ccc(C)cc1NC. The zero-order valence-corrected chi connectivity index (χ0v) is 11.3. The maximum atomic E-state index is 12.2. The van der Waals surface area contributed by atoms with E-state index in [1.54, 1.807) is 0 Å². The molecule has 0 aliphatic carbocycles. The van der Waals surface area contributed by atoms with Gasteiger partial charge in [-0.25, -0.2) is 0 Å². The third kappa shape index (κ3) is 3.48. The molecule has 1 aromatic rings. The molecule has 0 radical (unpaired) electrons. The van der Waals surface area contributed by atoms with Gasteiger partial charge in [-0.05, 0) is 44.9 Å². The lowest BCUT2D eigenvalue weighted by molar-refractivity contribution is 0.0912. The number of benzene rings is 1. The highest BCUT2D eigenvalue weighted by Gasteiger charge is 2.20. The molecule has 0 heterocycles. The van der Waals surface area contributed by atoms with Gasteiger partial charge >= 0.3 is 0 Å². The average molecular weight is 234 g/mol. The topological polar surface area (TPSA) is 41.1 Å².